The van der Waals surface area contributed by atoms with E-state index < -0.39 is 0 Å². The van der Waals surface area contributed by atoms with Crippen LogP contribution < -0.4 is 5.73 Å². The number of aromatic nitrogens is 1. The molecule has 0 amide bonds. The highest BCUT2D eigenvalue weighted by Crippen LogP contribution is 1.94. The van der Waals surface area contributed by atoms with Crippen molar-refractivity contribution in [1.29, 1.82) is 0 Å². The Kier molecular flexibility index (Phi) is 4.35. The third-order valence-corrected chi connectivity index (χ3v) is 1.59. The second-order valence-corrected chi connectivity index (χ2v) is 3.11. The van der Waals surface area contributed by atoms with E-state index in [1.54, 1.807) is 6.20 Å². The first kappa shape index (κ1) is 10.1. The first-order valence-electron chi connectivity index (χ1n) is 4.05. The number of pyridine rings is 1. The van der Waals surface area contributed by atoms with Gasteiger partial charge in [0.1, 0.15) is 0 Å². The van der Waals surface area contributed by atoms with E-state index in [0.29, 0.717) is 18.2 Å². The summed E-state index contributed by atoms with van der Waals surface area (Å²) in [6.07, 6.45) is 2.56. The summed E-state index contributed by atoms with van der Waals surface area (Å²) in [5, 5.41) is 0. The number of thiocarbonyl (C=S) groups is 1. The van der Waals surface area contributed by atoms with Crippen LogP contribution in [0.1, 0.15) is 5.69 Å². The van der Waals surface area contributed by atoms with E-state index in [1.807, 2.05) is 18.2 Å². The Balaban J connectivity index is 2.17. The molecule has 1 aromatic rings. The normalized spacial score (nSPS) is 9.85. The van der Waals surface area contributed by atoms with Crippen LogP contribution in [0.25, 0.3) is 0 Å². The fourth-order valence-electron chi connectivity index (χ4n) is 0.896. The van der Waals surface area contributed by atoms with Crippen LogP contribution in [-0.2, 0) is 11.2 Å². The minimum Gasteiger partial charge on any atom is -0.391 e. The molecule has 1 rings (SSSR count). The zero-order valence-electron chi connectivity index (χ0n) is 7.27. The zero-order valence-corrected chi connectivity index (χ0v) is 8.09. The van der Waals surface area contributed by atoms with E-state index in [1.165, 1.54) is 0 Å². The molecule has 0 saturated carbocycles. The second kappa shape index (κ2) is 5.61. The van der Waals surface area contributed by atoms with Crippen molar-refractivity contribution in [2.24, 2.45) is 5.73 Å². The van der Waals surface area contributed by atoms with Gasteiger partial charge in [0.2, 0.25) is 0 Å². The number of hydrogen-bond acceptors (Lipinski definition) is 3. The van der Waals surface area contributed by atoms with Crippen molar-refractivity contribution in [3.8, 4) is 0 Å². The maximum Gasteiger partial charge on any atom is 0.0989 e. The Hall–Kier alpha value is -1.00. The van der Waals surface area contributed by atoms with Crippen molar-refractivity contribution < 1.29 is 4.74 Å². The maximum absolute atomic E-state index is 5.26. The molecule has 0 saturated heterocycles. The molecule has 0 aromatic carbocycles. The molecule has 0 aliphatic rings. The summed E-state index contributed by atoms with van der Waals surface area (Å²) in [5.74, 6) is 0. The van der Waals surface area contributed by atoms with Gasteiger partial charge in [-0.25, -0.2) is 0 Å². The summed E-state index contributed by atoms with van der Waals surface area (Å²) in [5.41, 5.74) is 6.28. The number of nitrogens with zero attached hydrogens (tertiary/aromatic N) is 1. The zero-order chi connectivity index (χ0) is 9.52. The molecule has 1 heterocycles. The third kappa shape index (κ3) is 4.55. The topological polar surface area (TPSA) is 48.1 Å². The number of rotatable bonds is 5. The molecule has 70 valence electrons. The molecular formula is C9H12N2OS. The van der Waals surface area contributed by atoms with Crippen molar-refractivity contribution in [1.82, 2.24) is 4.98 Å². The van der Waals surface area contributed by atoms with E-state index in [2.05, 4.69) is 17.2 Å². The number of ether oxygens (including phenoxy) is 1. The van der Waals surface area contributed by atoms with Gasteiger partial charge in [0, 0.05) is 18.3 Å². The van der Waals surface area contributed by atoms with Gasteiger partial charge in [0.05, 0.1) is 18.2 Å². The van der Waals surface area contributed by atoms with Crippen LogP contribution in [0.3, 0.4) is 0 Å². The van der Waals surface area contributed by atoms with Crippen molar-refractivity contribution >= 4 is 17.2 Å². The van der Waals surface area contributed by atoms with Gasteiger partial charge >= 0.3 is 0 Å². The molecular weight excluding hydrogens is 184 g/mol. The molecule has 0 atom stereocenters. The summed E-state index contributed by atoms with van der Waals surface area (Å²) in [4.78, 5) is 4.54. The van der Waals surface area contributed by atoms with Gasteiger partial charge in [-0.1, -0.05) is 18.3 Å². The molecule has 0 radical (unpaired) electrons. The van der Waals surface area contributed by atoms with Gasteiger partial charge in [0.25, 0.3) is 0 Å². The van der Waals surface area contributed by atoms with E-state index in [9.17, 15) is 0 Å². The summed E-state index contributed by atoms with van der Waals surface area (Å²) in [6.45, 7) is 0.955. The van der Waals surface area contributed by atoms with E-state index in [-0.39, 0.29) is 0 Å². The molecule has 13 heavy (non-hydrogen) atoms. The van der Waals surface area contributed by atoms with Crippen molar-refractivity contribution in [3.05, 3.63) is 30.1 Å². The van der Waals surface area contributed by atoms with Crippen LogP contribution in [0.15, 0.2) is 24.4 Å². The van der Waals surface area contributed by atoms with Gasteiger partial charge in [0.15, 0.2) is 0 Å². The van der Waals surface area contributed by atoms with Gasteiger partial charge in [-0.15, -0.1) is 0 Å². The van der Waals surface area contributed by atoms with E-state index >= 15 is 0 Å². The van der Waals surface area contributed by atoms with Crippen LogP contribution in [0.4, 0.5) is 0 Å². The smallest absolute Gasteiger partial charge is 0.0989 e. The molecule has 0 spiro atoms. The highest BCUT2D eigenvalue weighted by Gasteiger charge is 1.93. The third-order valence-electron chi connectivity index (χ3n) is 1.47. The molecule has 0 bridgehead atoms. The highest BCUT2D eigenvalue weighted by molar-refractivity contribution is 7.80. The monoisotopic (exact) mass is 196 g/mol. The quantitative estimate of drug-likeness (QED) is 0.562. The van der Waals surface area contributed by atoms with Crippen molar-refractivity contribution in [2.75, 3.05) is 13.2 Å². The summed E-state index contributed by atoms with van der Waals surface area (Å²) < 4.78 is 5.19. The fraction of sp³-hybridized carbons (Fsp3) is 0.333. The van der Waals surface area contributed by atoms with Crippen LogP contribution in [-0.4, -0.2) is 23.2 Å². The Morgan fingerprint density at radius 2 is 2.38 bits per heavy atom. The standard InChI is InChI=1S/C9H12N2OS/c10-9(13)7-12-6-4-8-3-1-2-5-11-8/h1-3,5H,4,6-7H2,(H2,10,13). The molecule has 4 heteroatoms. The van der Waals surface area contributed by atoms with Gasteiger partial charge in [-0.05, 0) is 12.1 Å². The number of nitrogens with two attached hydrogens (primary N) is 1. The van der Waals surface area contributed by atoms with Crippen molar-refractivity contribution in [2.45, 2.75) is 6.42 Å². The van der Waals surface area contributed by atoms with Crippen molar-refractivity contribution in [3.63, 3.8) is 0 Å². The van der Waals surface area contributed by atoms with Gasteiger partial charge in [-0.2, -0.15) is 0 Å². The molecule has 0 fully saturated rings. The summed E-state index contributed by atoms with van der Waals surface area (Å²) in [6, 6.07) is 5.80. The molecule has 0 unspecified atom stereocenters. The molecule has 0 aliphatic heterocycles. The lowest BCUT2D eigenvalue weighted by Crippen LogP contribution is -2.16. The van der Waals surface area contributed by atoms with Crippen LogP contribution in [0, 0.1) is 0 Å². The predicted molar refractivity (Wildman–Crippen MR) is 55.5 cm³/mol. The Morgan fingerprint density at radius 3 is 3.00 bits per heavy atom. The molecule has 2 N–H and O–H groups in total. The van der Waals surface area contributed by atoms with Gasteiger partial charge in [-0.3, -0.25) is 4.98 Å². The first-order chi connectivity index (χ1) is 6.29. The van der Waals surface area contributed by atoms with Gasteiger partial charge < -0.3 is 10.5 Å². The predicted octanol–water partition coefficient (Wildman–Crippen LogP) is 0.927. The Morgan fingerprint density at radius 1 is 1.54 bits per heavy atom. The lowest BCUT2D eigenvalue weighted by atomic mass is 10.3. The summed E-state index contributed by atoms with van der Waals surface area (Å²) in [7, 11) is 0. The van der Waals surface area contributed by atoms with E-state index in [0.717, 1.165) is 12.1 Å². The summed E-state index contributed by atoms with van der Waals surface area (Å²) >= 11 is 4.66. The van der Waals surface area contributed by atoms with Crippen LogP contribution in [0.5, 0.6) is 0 Å². The fourth-order valence-corrected chi connectivity index (χ4v) is 0.979. The highest BCUT2D eigenvalue weighted by atomic mass is 32.1. The Labute approximate surface area is 82.9 Å². The van der Waals surface area contributed by atoms with Crippen LogP contribution in [0.2, 0.25) is 0 Å². The molecule has 1 aromatic heterocycles. The van der Waals surface area contributed by atoms with E-state index in [4.69, 9.17) is 10.5 Å². The lowest BCUT2D eigenvalue weighted by Gasteiger charge is -2.01. The minimum absolute atomic E-state index is 0.349. The lowest BCUT2D eigenvalue weighted by molar-refractivity contribution is 0.175. The largest absolute Gasteiger partial charge is 0.391 e. The average molecular weight is 196 g/mol. The Bertz CT molecular complexity index is 264. The number of hydrogen-bond donors (Lipinski definition) is 1. The first-order valence-corrected chi connectivity index (χ1v) is 4.46. The average Bonchev–Trinajstić information content (AvgIpc) is 2.14. The maximum atomic E-state index is 5.26. The second-order valence-electron chi connectivity index (χ2n) is 2.59. The minimum atomic E-state index is 0.349. The molecule has 0 aliphatic carbocycles. The SMILES string of the molecule is NC(=S)COCCc1ccccn1. The van der Waals surface area contributed by atoms with Crippen LogP contribution >= 0.6 is 12.2 Å². The molecule has 3 nitrogen and oxygen atoms in total.